The molecule has 1 atom stereocenters. The van der Waals surface area contributed by atoms with E-state index in [-0.39, 0.29) is 11.8 Å². The number of nitrogens with zero attached hydrogens (tertiary/aromatic N) is 2. The Balaban J connectivity index is 1.42. The van der Waals surface area contributed by atoms with Crippen LogP contribution in [0.5, 0.6) is 0 Å². The van der Waals surface area contributed by atoms with Crippen molar-refractivity contribution in [2.45, 2.75) is 12.8 Å². The molecule has 1 fully saturated rings. The van der Waals surface area contributed by atoms with Gasteiger partial charge in [-0.3, -0.25) is 4.79 Å². The van der Waals surface area contributed by atoms with Crippen LogP contribution in [0.15, 0.2) is 28.7 Å². The molecule has 3 rings (SSSR count). The van der Waals surface area contributed by atoms with Crippen molar-refractivity contribution in [1.29, 1.82) is 0 Å². The number of oxazole rings is 1. The summed E-state index contributed by atoms with van der Waals surface area (Å²) in [5.74, 6) is 0.871. The van der Waals surface area contributed by atoms with Gasteiger partial charge in [0.2, 0.25) is 5.91 Å². The number of rotatable bonds is 7. The minimum atomic E-state index is 0.0792. The summed E-state index contributed by atoms with van der Waals surface area (Å²) < 4.78 is 10.7. The maximum atomic E-state index is 12.2. The molecule has 1 aliphatic rings. The predicted octanol–water partition coefficient (Wildman–Crippen LogP) is 1.45. The molecule has 23 heavy (non-hydrogen) atoms. The Kier molecular flexibility index (Phi) is 5.25. The lowest BCUT2D eigenvalue weighted by atomic mass is 10.1. The summed E-state index contributed by atoms with van der Waals surface area (Å²) in [5, 5.41) is 3.00. The highest BCUT2D eigenvalue weighted by Gasteiger charge is 2.27. The second-order valence-corrected chi connectivity index (χ2v) is 5.90. The fourth-order valence-corrected chi connectivity index (χ4v) is 2.93. The van der Waals surface area contributed by atoms with Crippen LogP contribution in [0.3, 0.4) is 0 Å². The van der Waals surface area contributed by atoms with Crippen molar-refractivity contribution in [3.05, 3.63) is 30.2 Å². The van der Waals surface area contributed by atoms with Gasteiger partial charge in [-0.1, -0.05) is 12.1 Å². The van der Waals surface area contributed by atoms with Crippen LogP contribution in [0.25, 0.3) is 11.1 Å². The van der Waals surface area contributed by atoms with Crippen LogP contribution in [-0.4, -0.2) is 55.7 Å². The maximum Gasteiger partial charge on any atom is 0.224 e. The van der Waals surface area contributed by atoms with Crippen molar-refractivity contribution in [2.24, 2.45) is 5.92 Å². The summed E-state index contributed by atoms with van der Waals surface area (Å²) in [6.07, 6.45) is 1.53. The van der Waals surface area contributed by atoms with E-state index in [9.17, 15) is 4.79 Å². The lowest BCUT2D eigenvalue weighted by Crippen LogP contribution is -2.34. The fourth-order valence-electron chi connectivity index (χ4n) is 2.93. The number of carbonyl (C=O) groups is 1. The molecule has 1 aromatic carbocycles. The van der Waals surface area contributed by atoms with Gasteiger partial charge >= 0.3 is 0 Å². The first-order valence-corrected chi connectivity index (χ1v) is 8.09. The Morgan fingerprint density at radius 1 is 1.48 bits per heavy atom. The van der Waals surface area contributed by atoms with Gasteiger partial charge in [-0.2, -0.15) is 0 Å². The zero-order valence-corrected chi connectivity index (χ0v) is 13.5. The second kappa shape index (κ2) is 7.57. The second-order valence-electron chi connectivity index (χ2n) is 5.90. The van der Waals surface area contributed by atoms with E-state index in [1.165, 1.54) is 0 Å². The van der Waals surface area contributed by atoms with Crippen LogP contribution in [0.4, 0.5) is 0 Å². The average Bonchev–Trinajstić information content (AvgIpc) is 3.19. The van der Waals surface area contributed by atoms with Crippen LogP contribution in [-0.2, 0) is 16.0 Å². The van der Waals surface area contributed by atoms with Gasteiger partial charge in [-0.05, 0) is 25.1 Å². The van der Waals surface area contributed by atoms with Crippen LogP contribution >= 0.6 is 0 Å². The molecule has 0 spiro atoms. The molecular formula is C17H23N3O3. The Morgan fingerprint density at radius 3 is 3.17 bits per heavy atom. The van der Waals surface area contributed by atoms with Gasteiger partial charge in [0.1, 0.15) is 5.52 Å². The van der Waals surface area contributed by atoms with Crippen LogP contribution in [0, 0.1) is 5.92 Å². The molecule has 2 aromatic rings. The Morgan fingerprint density at radius 2 is 2.35 bits per heavy atom. The smallest absolute Gasteiger partial charge is 0.224 e. The molecule has 0 bridgehead atoms. The number of aromatic nitrogens is 1. The van der Waals surface area contributed by atoms with Gasteiger partial charge in [-0.15, -0.1) is 0 Å². The Bertz CT molecular complexity index is 622. The first-order valence-electron chi connectivity index (χ1n) is 8.09. The molecule has 124 valence electrons. The topological polar surface area (TPSA) is 67.6 Å². The zero-order valence-electron chi connectivity index (χ0n) is 13.5. The van der Waals surface area contributed by atoms with E-state index in [4.69, 9.17) is 9.15 Å². The molecule has 0 aliphatic carbocycles. The Hall–Kier alpha value is -1.92. The molecule has 0 unspecified atom stereocenters. The number of hydrogen-bond donors (Lipinski definition) is 1. The van der Waals surface area contributed by atoms with Crippen molar-refractivity contribution in [3.63, 3.8) is 0 Å². The van der Waals surface area contributed by atoms with Gasteiger partial charge in [0.05, 0.1) is 12.5 Å². The standard InChI is InChI=1S/C17H23N3O3/c1-22-11-10-20-9-7-13(12-20)17(21)18-8-6-16-19-14-4-2-3-5-15(14)23-16/h2-5,13H,6-12H2,1H3,(H,18,21)/t13-/m1/s1. The van der Waals surface area contributed by atoms with Crippen molar-refractivity contribution in [2.75, 3.05) is 39.9 Å². The number of hydrogen-bond acceptors (Lipinski definition) is 5. The number of ether oxygens (including phenoxy) is 1. The number of nitrogens with one attached hydrogen (secondary N) is 1. The van der Waals surface area contributed by atoms with E-state index in [1.54, 1.807) is 7.11 Å². The molecule has 0 saturated carbocycles. The first kappa shape index (κ1) is 16.0. The largest absolute Gasteiger partial charge is 0.441 e. The number of carbonyl (C=O) groups excluding carboxylic acids is 1. The van der Waals surface area contributed by atoms with Crippen LogP contribution < -0.4 is 5.32 Å². The SMILES string of the molecule is COCCN1CC[C@@H](C(=O)NCCc2nc3ccccc3o2)C1. The number of amides is 1. The van der Waals surface area contributed by atoms with Crippen molar-refractivity contribution in [3.8, 4) is 0 Å². The molecule has 1 amide bonds. The van der Waals surface area contributed by atoms with Crippen molar-refractivity contribution in [1.82, 2.24) is 15.2 Å². The third kappa shape index (κ3) is 4.09. The predicted molar refractivity (Wildman–Crippen MR) is 87.1 cm³/mol. The van der Waals surface area contributed by atoms with Gasteiger partial charge in [0, 0.05) is 33.2 Å². The molecule has 1 N–H and O–H groups in total. The summed E-state index contributed by atoms with van der Waals surface area (Å²) in [4.78, 5) is 18.9. The highest BCUT2D eigenvalue weighted by molar-refractivity contribution is 5.79. The normalized spacial score (nSPS) is 18.6. The molecule has 2 heterocycles. The van der Waals surface area contributed by atoms with Gasteiger partial charge in [0.25, 0.3) is 0 Å². The monoisotopic (exact) mass is 317 g/mol. The van der Waals surface area contributed by atoms with Gasteiger partial charge < -0.3 is 19.4 Å². The van der Waals surface area contributed by atoms with Crippen LogP contribution in [0.2, 0.25) is 0 Å². The summed E-state index contributed by atoms with van der Waals surface area (Å²) >= 11 is 0. The minimum absolute atomic E-state index is 0.0792. The summed E-state index contributed by atoms with van der Waals surface area (Å²) in [7, 11) is 1.70. The maximum absolute atomic E-state index is 12.2. The molecule has 6 heteroatoms. The summed E-state index contributed by atoms with van der Waals surface area (Å²) in [5.41, 5.74) is 1.65. The number of methoxy groups -OCH3 is 1. The Labute approximate surface area is 135 Å². The molecule has 1 saturated heterocycles. The zero-order chi connectivity index (χ0) is 16.1. The van der Waals surface area contributed by atoms with Crippen LogP contribution in [0.1, 0.15) is 12.3 Å². The van der Waals surface area contributed by atoms with E-state index in [0.29, 0.717) is 25.5 Å². The quantitative estimate of drug-likeness (QED) is 0.837. The van der Waals surface area contributed by atoms with Crippen molar-refractivity contribution >= 4 is 17.0 Å². The number of fused-ring (bicyclic) bond motifs is 1. The number of para-hydroxylation sites is 2. The third-order valence-corrected chi connectivity index (χ3v) is 4.23. The molecular weight excluding hydrogens is 294 g/mol. The lowest BCUT2D eigenvalue weighted by molar-refractivity contribution is -0.124. The molecule has 1 aromatic heterocycles. The minimum Gasteiger partial charge on any atom is -0.441 e. The fraction of sp³-hybridized carbons (Fsp3) is 0.529. The lowest BCUT2D eigenvalue weighted by Gasteiger charge is -2.15. The van der Waals surface area contributed by atoms with E-state index in [0.717, 1.165) is 37.2 Å². The van der Waals surface area contributed by atoms with Gasteiger partial charge in [-0.25, -0.2) is 4.98 Å². The number of benzene rings is 1. The summed E-state index contributed by atoms with van der Waals surface area (Å²) in [6.45, 7) is 3.94. The molecule has 6 nitrogen and oxygen atoms in total. The summed E-state index contributed by atoms with van der Waals surface area (Å²) in [6, 6.07) is 7.69. The molecule has 1 aliphatic heterocycles. The molecule has 0 radical (unpaired) electrons. The van der Waals surface area contributed by atoms with E-state index >= 15 is 0 Å². The third-order valence-electron chi connectivity index (χ3n) is 4.23. The van der Waals surface area contributed by atoms with Gasteiger partial charge in [0.15, 0.2) is 11.5 Å². The van der Waals surface area contributed by atoms with E-state index in [2.05, 4.69) is 15.2 Å². The van der Waals surface area contributed by atoms with E-state index in [1.807, 2.05) is 24.3 Å². The average molecular weight is 317 g/mol. The van der Waals surface area contributed by atoms with E-state index < -0.39 is 0 Å². The number of likely N-dealkylation sites (tertiary alicyclic amines) is 1. The van der Waals surface area contributed by atoms with Crippen molar-refractivity contribution < 1.29 is 13.9 Å². The highest BCUT2D eigenvalue weighted by atomic mass is 16.5. The highest BCUT2D eigenvalue weighted by Crippen LogP contribution is 2.16. The first-order chi connectivity index (χ1) is 11.3.